The van der Waals surface area contributed by atoms with Crippen molar-refractivity contribution in [2.24, 2.45) is 0 Å². The molecule has 6 nitrogen and oxygen atoms in total. The van der Waals surface area contributed by atoms with Gasteiger partial charge in [-0.3, -0.25) is 18.7 Å². The van der Waals surface area contributed by atoms with Crippen LogP contribution in [0.5, 0.6) is 0 Å². The van der Waals surface area contributed by atoms with Crippen LogP contribution in [-0.4, -0.2) is 21.1 Å². The standard InChI is InChI=1S/C16H18FN3O3/c1-11(2)18-14(21)10-20-15(22)7-8-19(16(20)23)9-12-3-5-13(17)6-4-12/h3-8,11H,9-10H2,1-2H3,(H,18,21). The van der Waals surface area contributed by atoms with Gasteiger partial charge in [-0.1, -0.05) is 12.1 Å². The van der Waals surface area contributed by atoms with Crippen LogP contribution in [-0.2, 0) is 17.9 Å². The largest absolute Gasteiger partial charge is 0.352 e. The van der Waals surface area contributed by atoms with Crippen LogP contribution in [0.25, 0.3) is 0 Å². The first-order valence-electron chi connectivity index (χ1n) is 7.21. The summed E-state index contributed by atoms with van der Waals surface area (Å²) >= 11 is 0. The third kappa shape index (κ3) is 4.38. The Bertz CT molecular complexity index is 807. The second kappa shape index (κ2) is 7.04. The molecule has 0 atom stereocenters. The van der Waals surface area contributed by atoms with E-state index < -0.39 is 17.2 Å². The first-order chi connectivity index (χ1) is 10.9. The van der Waals surface area contributed by atoms with Gasteiger partial charge in [0.2, 0.25) is 5.91 Å². The number of hydrogen-bond acceptors (Lipinski definition) is 3. The molecule has 0 spiro atoms. The van der Waals surface area contributed by atoms with Gasteiger partial charge in [-0.2, -0.15) is 0 Å². The quantitative estimate of drug-likeness (QED) is 0.883. The third-order valence-corrected chi connectivity index (χ3v) is 3.16. The minimum atomic E-state index is -0.583. The van der Waals surface area contributed by atoms with Crippen LogP contribution in [0.1, 0.15) is 19.4 Å². The van der Waals surface area contributed by atoms with Crippen molar-refractivity contribution in [3.63, 3.8) is 0 Å². The Hall–Kier alpha value is -2.70. The summed E-state index contributed by atoms with van der Waals surface area (Å²) < 4.78 is 15.1. The Morgan fingerprint density at radius 2 is 1.83 bits per heavy atom. The molecule has 0 radical (unpaired) electrons. The van der Waals surface area contributed by atoms with E-state index in [1.54, 1.807) is 26.0 Å². The van der Waals surface area contributed by atoms with Crippen molar-refractivity contribution in [3.8, 4) is 0 Å². The average molecular weight is 319 g/mol. The molecule has 0 bridgehead atoms. The summed E-state index contributed by atoms with van der Waals surface area (Å²) in [5, 5.41) is 2.63. The minimum Gasteiger partial charge on any atom is -0.352 e. The minimum absolute atomic E-state index is 0.0802. The van der Waals surface area contributed by atoms with E-state index in [-0.39, 0.29) is 24.9 Å². The summed E-state index contributed by atoms with van der Waals surface area (Å²) in [6, 6.07) is 6.86. The molecular weight excluding hydrogens is 301 g/mol. The van der Waals surface area contributed by atoms with Gasteiger partial charge in [-0.15, -0.1) is 0 Å². The van der Waals surface area contributed by atoms with E-state index >= 15 is 0 Å². The summed E-state index contributed by atoms with van der Waals surface area (Å²) in [4.78, 5) is 36.0. The van der Waals surface area contributed by atoms with Crippen molar-refractivity contribution in [1.29, 1.82) is 0 Å². The van der Waals surface area contributed by atoms with Gasteiger partial charge in [0.15, 0.2) is 0 Å². The second-order valence-electron chi connectivity index (χ2n) is 5.50. The number of benzene rings is 1. The molecule has 1 heterocycles. The summed E-state index contributed by atoms with van der Waals surface area (Å²) in [5.41, 5.74) is -0.407. The number of carbonyl (C=O) groups excluding carboxylic acids is 1. The summed E-state index contributed by atoms with van der Waals surface area (Å²) in [5.74, 6) is -0.768. The number of carbonyl (C=O) groups is 1. The number of halogens is 1. The third-order valence-electron chi connectivity index (χ3n) is 3.16. The molecule has 1 N–H and O–H groups in total. The SMILES string of the molecule is CC(C)NC(=O)Cn1c(=O)ccn(Cc2ccc(F)cc2)c1=O. The Kier molecular flexibility index (Phi) is 5.10. The molecule has 122 valence electrons. The lowest BCUT2D eigenvalue weighted by atomic mass is 10.2. The zero-order chi connectivity index (χ0) is 17.0. The topological polar surface area (TPSA) is 73.1 Å². The first kappa shape index (κ1) is 16.7. The Labute approximate surface area is 132 Å². The highest BCUT2D eigenvalue weighted by Crippen LogP contribution is 2.03. The van der Waals surface area contributed by atoms with E-state index in [1.165, 1.54) is 29.0 Å². The molecule has 2 rings (SSSR count). The van der Waals surface area contributed by atoms with Gasteiger partial charge in [0.05, 0.1) is 6.54 Å². The van der Waals surface area contributed by atoms with Gasteiger partial charge < -0.3 is 5.32 Å². The summed E-state index contributed by atoms with van der Waals surface area (Å²) in [7, 11) is 0. The maximum Gasteiger partial charge on any atom is 0.331 e. The molecule has 0 fully saturated rings. The second-order valence-corrected chi connectivity index (χ2v) is 5.50. The molecule has 0 aliphatic carbocycles. The molecular formula is C16H18FN3O3. The van der Waals surface area contributed by atoms with E-state index in [0.29, 0.717) is 5.56 Å². The molecule has 0 aliphatic heterocycles. The van der Waals surface area contributed by atoms with Gasteiger partial charge in [0.25, 0.3) is 5.56 Å². The zero-order valence-electron chi connectivity index (χ0n) is 13.0. The predicted molar refractivity (Wildman–Crippen MR) is 83.7 cm³/mol. The van der Waals surface area contributed by atoms with Crippen LogP contribution in [0, 0.1) is 5.82 Å². The number of amides is 1. The summed E-state index contributed by atoms with van der Waals surface area (Å²) in [6.07, 6.45) is 1.37. The van der Waals surface area contributed by atoms with Crippen molar-refractivity contribution in [2.75, 3.05) is 0 Å². The molecule has 0 unspecified atom stereocenters. The predicted octanol–water partition coefficient (Wildman–Crippen LogP) is 0.722. The van der Waals surface area contributed by atoms with Crippen molar-refractivity contribution >= 4 is 5.91 Å². The highest BCUT2D eigenvalue weighted by atomic mass is 19.1. The number of rotatable bonds is 5. The van der Waals surface area contributed by atoms with Crippen LogP contribution < -0.4 is 16.6 Å². The molecule has 0 aliphatic rings. The number of hydrogen-bond donors (Lipinski definition) is 1. The van der Waals surface area contributed by atoms with Crippen molar-refractivity contribution < 1.29 is 9.18 Å². The normalized spacial score (nSPS) is 10.8. The molecule has 0 saturated heterocycles. The van der Waals surface area contributed by atoms with Crippen LogP contribution >= 0.6 is 0 Å². The molecule has 1 aromatic carbocycles. The number of nitrogens with one attached hydrogen (secondary N) is 1. The van der Waals surface area contributed by atoms with Gasteiger partial charge >= 0.3 is 5.69 Å². The van der Waals surface area contributed by atoms with Crippen LogP contribution in [0.2, 0.25) is 0 Å². The monoisotopic (exact) mass is 319 g/mol. The Morgan fingerprint density at radius 1 is 1.17 bits per heavy atom. The molecule has 1 aromatic heterocycles. The molecule has 23 heavy (non-hydrogen) atoms. The van der Waals surface area contributed by atoms with E-state index in [2.05, 4.69) is 5.32 Å². The number of nitrogens with zero attached hydrogens (tertiary/aromatic N) is 2. The Morgan fingerprint density at radius 3 is 2.43 bits per heavy atom. The van der Waals surface area contributed by atoms with Crippen molar-refractivity contribution in [1.82, 2.24) is 14.5 Å². The first-order valence-corrected chi connectivity index (χ1v) is 7.21. The fourth-order valence-corrected chi connectivity index (χ4v) is 2.12. The highest BCUT2D eigenvalue weighted by Gasteiger charge is 2.11. The lowest BCUT2D eigenvalue weighted by molar-refractivity contribution is -0.122. The maximum absolute atomic E-state index is 12.9. The van der Waals surface area contributed by atoms with Gasteiger partial charge in [0.1, 0.15) is 12.4 Å². The fourth-order valence-electron chi connectivity index (χ4n) is 2.12. The van der Waals surface area contributed by atoms with Crippen molar-refractivity contribution in [3.05, 3.63) is 68.7 Å². The van der Waals surface area contributed by atoms with E-state index in [0.717, 1.165) is 4.57 Å². The molecule has 0 saturated carbocycles. The maximum atomic E-state index is 12.9. The fraction of sp³-hybridized carbons (Fsp3) is 0.312. The van der Waals surface area contributed by atoms with Gasteiger partial charge in [0, 0.05) is 18.3 Å². The lowest BCUT2D eigenvalue weighted by Gasteiger charge is -2.11. The average Bonchev–Trinajstić information content (AvgIpc) is 2.48. The summed E-state index contributed by atoms with van der Waals surface area (Å²) in [6.45, 7) is 3.43. The highest BCUT2D eigenvalue weighted by molar-refractivity contribution is 5.75. The molecule has 2 aromatic rings. The van der Waals surface area contributed by atoms with E-state index in [1.807, 2.05) is 0 Å². The van der Waals surface area contributed by atoms with Gasteiger partial charge in [-0.25, -0.2) is 9.18 Å². The van der Waals surface area contributed by atoms with E-state index in [4.69, 9.17) is 0 Å². The zero-order valence-corrected chi connectivity index (χ0v) is 13.0. The Balaban J connectivity index is 2.27. The molecule has 1 amide bonds. The van der Waals surface area contributed by atoms with Crippen LogP contribution in [0.3, 0.4) is 0 Å². The van der Waals surface area contributed by atoms with Crippen molar-refractivity contribution in [2.45, 2.75) is 33.0 Å². The van der Waals surface area contributed by atoms with Crippen LogP contribution in [0.15, 0.2) is 46.1 Å². The van der Waals surface area contributed by atoms with Crippen LogP contribution in [0.4, 0.5) is 4.39 Å². The number of aromatic nitrogens is 2. The lowest BCUT2D eigenvalue weighted by Crippen LogP contribution is -2.44. The smallest absolute Gasteiger partial charge is 0.331 e. The van der Waals surface area contributed by atoms with Gasteiger partial charge in [-0.05, 0) is 31.5 Å². The van der Waals surface area contributed by atoms with E-state index in [9.17, 15) is 18.8 Å². The molecule has 7 heteroatoms.